The molecule has 0 aliphatic rings. The summed E-state index contributed by atoms with van der Waals surface area (Å²) in [5.74, 6) is 0.282. The molecule has 0 fully saturated rings. The number of hydrogen-bond donors (Lipinski definition) is 1. The molecule has 94 valence electrons. The lowest BCUT2D eigenvalue weighted by atomic mass is 10.1. The normalized spacial score (nSPS) is 10.7. The predicted octanol–water partition coefficient (Wildman–Crippen LogP) is 3.01. The van der Waals surface area contributed by atoms with E-state index in [1.165, 1.54) is 6.07 Å². The molecule has 0 spiro atoms. The van der Waals surface area contributed by atoms with Gasteiger partial charge in [0.2, 0.25) is 0 Å². The van der Waals surface area contributed by atoms with Gasteiger partial charge >= 0.3 is 0 Å². The summed E-state index contributed by atoms with van der Waals surface area (Å²) in [6.45, 7) is 3.74. The molecule has 0 saturated carbocycles. The lowest BCUT2D eigenvalue weighted by Crippen LogP contribution is -2.03. The van der Waals surface area contributed by atoms with Gasteiger partial charge in [0.05, 0.1) is 16.4 Å². The van der Waals surface area contributed by atoms with Crippen LogP contribution in [0.4, 0.5) is 4.39 Å². The van der Waals surface area contributed by atoms with Crippen molar-refractivity contribution in [2.24, 2.45) is 5.73 Å². The quantitative estimate of drug-likeness (QED) is 0.908. The summed E-state index contributed by atoms with van der Waals surface area (Å²) in [6, 6.07) is 4.70. The van der Waals surface area contributed by atoms with Crippen LogP contribution in [0.15, 0.2) is 18.2 Å². The Morgan fingerprint density at radius 3 is 2.61 bits per heavy atom. The van der Waals surface area contributed by atoms with Crippen molar-refractivity contribution in [3.05, 3.63) is 46.1 Å². The van der Waals surface area contributed by atoms with Crippen molar-refractivity contribution >= 4 is 11.6 Å². The minimum Gasteiger partial charge on any atom is -0.325 e. The standard InChI is InChI=1S/C13H13ClFN3/c1-7-3-11(14)10(5-12(7)15)13-4-9(6-16)17-8(2)18-13/h3-5H,6,16H2,1-2H3. The highest BCUT2D eigenvalue weighted by Gasteiger charge is 2.11. The molecule has 5 heteroatoms. The molecule has 1 heterocycles. The van der Waals surface area contributed by atoms with Gasteiger partial charge in [0.1, 0.15) is 11.6 Å². The second-order valence-corrected chi connectivity index (χ2v) is 4.48. The molecule has 0 amide bonds. The van der Waals surface area contributed by atoms with Crippen molar-refractivity contribution < 1.29 is 4.39 Å². The molecule has 1 aromatic heterocycles. The molecule has 0 radical (unpaired) electrons. The van der Waals surface area contributed by atoms with E-state index in [1.807, 2.05) is 0 Å². The van der Waals surface area contributed by atoms with Crippen molar-refractivity contribution in [1.82, 2.24) is 9.97 Å². The molecule has 0 aliphatic carbocycles. The van der Waals surface area contributed by atoms with Gasteiger partial charge in [0.25, 0.3) is 0 Å². The smallest absolute Gasteiger partial charge is 0.126 e. The number of aryl methyl sites for hydroxylation is 2. The Morgan fingerprint density at radius 2 is 1.94 bits per heavy atom. The van der Waals surface area contributed by atoms with Crippen LogP contribution in [0, 0.1) is 19.7 Å². The molecular formula is C13H13ClFN3. The maximum atomic E-state index is 13.6. The maximum Gasteiger partial charge on any atom is 0.126 e. The average molecular weight is 266 g/mol. The number of rotatable bonds is 2. The van der Waals surface area contributed by atoms with Crippen LogP contribution in [0.25, 0.3) is 11.3 Å². The summed E-state index contributed by atoms with van der Waals surface area (Å²) >= 11 is 6.13. The SMILES string of the molecule is Cc1nc(CN)cc(-c2cc(F)c(C)cc2Cl)n1. The Kier molecular flexibility index (Phi) is 3.59. The summed E-state index contributed by atoms with van der Waals surface area (Å²) in [4.78, 5) is 8.44. The van der Waals surface area contributed by atoms with Crippen LogP contribution in [0.5, 0.6) is 0 Å². The van der Waals surface area contributed by atoms with E-state index in [-0.39, 0.29) is 5.82 Å². The van der Waals surface area contributed by atoms with Crippen LogP contribution < -0.4 is 5.73 Å². The fourth-order valence-electron chi connectivity index (χ4n) is 1.71. The minimum absolute atomic E-state index is 0.306. The molecular weight excluding hydrogens is 253 g/mol. The minimum atomic E-state index is -0.306. The molecule has 3 nitrogen and oxygen atoms in total. The Balaban J connectivity index is 2.61. The number of nitrogens with two attached hydrogens (primary N) is 1. The Bertz CT molecular complexity index is 599. The topological polar surface area (TPSA) is 51.8 Å². The van der Waals surface area contributed by atoms with Crippen molar-refractivity contribution in [1.29, 1.82) is 0 Å². The number of aromatic nitrogens is 2. The second kappa shape index (κ2) is 5.00. The predicted molar refractivity (Wildman–Crippen MR) is 69.8 cm³/mol. The summed E-state index contributed by atoms with van der Waals surface area (Å²) in [5, 5.41) is 0.468. The molecule has 2 N–H and O–H groups in total. The van der Waals surface area contributed by atoms with Crippen LogP contribution in [-0.4, -0.2) is 9.97 Å². The van der Waals surface area contributed by atoms with E-state index in [0.29, 0.717) is 39.9 Å². The van der Waals surface area contributed by atoms with Crippen molar-refractivity contribution in [3.8, 4) is 11.3 Å². The molecule has 0 atom stereocenters. The van der Waals surface area contributed by atoms with Crippen LogP contribution in [0.1, 0.15) is 17.1 Å². The third-order valence-corrected chi connectivity index (χ3v) is 2.94. The summed E-state index contributed by atoms with van der Waals surface area (Å²) in [7, 11) is 0. The molecule has 18 heavy (non-hydrogen) atoms. The van der Waals surface area contributed by atoms with Gasteiger partial charge in [-0.05, 0) is 37.6 Å². The van der Waals surface area contributed by atoms with Gasteiger partial charge in [0.15, 0.2) is 0 Å². The maximum absolute atomic E-state index is 13.6. The molecule has 0 bridgehead atoms. The molecule has 2 aromatic rings. The zero-order chi connectivity index (χ0) is 13.3. The lowest BCUT2D eigenvalue weighted by Gasteiger charge is -2.08. The number of hydrogen-bond acceptors (Lipinski definition) is 3. The first-order valence-electron chi connectivity index (χ1n) is 5.52. The largest absolute Gasteiger partial charge is 0.325 e. The highest BCUT2D eigenvalue weighted by Crippen LogP contribution is 2.29. The highest BCUT2D eigenvalue weighted by molar-refractivity contribution is 6.33. The van der Waals surface area contributed by atoms with Crippen LogP contribution in [-0.2, 0) is 6.54 Å². The van der Waals surface area contributed by atoms with E-state index in [1.54, 1.807) is 26.0 Å². The number of benzene rings is 1. The van der Waals surface area contributed by atoms with E-state index in [9.17, 15) is 4.39 Å². The monoisotopic (exact) mass is 265 g/mol. The summed E-state index contributed by atoms with van der Waals surface area (Å²) < 4.78 is 13.6. The first-order valence-corrected chi connectivity index (χ1v) is 5.89. The number of halogens is 2. The molecule has 0 saturated heterocycles. The van der Waals surface area contributed by atoms with E-state index in [2.05, 4.69) is 9.97 Å². The Morgan fingerprint density at radius 1 is 1.22 bits per heavy atom. The third-order valence-electron chi connectivity index (χ3n) is 2.62. The number of nitrogens with zero attached hydrogens (tertiary/aromatic N) is 2. The molecule has 2 rings (SSSR count). The summed E-state index contributed by atoms with van der Waals surface area (Å²) in [5.41, 5.74) is 7.92. The van der Waals surface area contributed by atoms with Gasteiger partial charge in [-0.25, -0.2) is 14.4 Å². The van der Waals surface area contributed by atoms with Gasteiger partial charge in [-0.2, -0.15) is 0 Å². The third kappa shape index (κ3) is 2.49. The van der Waals surface area contributed by atoms with E-state index >= 15 is 0 Å². The van der Waals surface area contributed by atoms with Gasteiger partial charge in [-0.1, -0.05) is 11.6 Å². The van der Waals surface area contributed by atoms with Crippen LogP contribution in [0.3, 0.4) is 0 Å². The molecule has 1 aromatic carbocycles. The van der Waals surface area contributed by atoms with Crippen LogP contribution in [0.2, 0.25) is 5.02 Å². The Labute approximate surface area is 110 Å². The Hall–Kier alpha value is -1.52. The van der Waals surface area contributed by atoms with Crippen molar-refractivity contribution in [2.45, 2.75) is 20.4 Å². The van der Waals surface area contributed by atoms with Crippen molar-refractivity contribution in [2.75, 3.05) is 0 Å². The molecule has 0 unspecified atom stereocenters. The fraction of sp³-hybridized carbons (Fsp3) is 0.231. The van der Waals surface area contributed by atoms with Gasteiger partial charge in [-0.15, -0.1) is 0 Å². The average Bonchev–Trinajstić information content (AvgIpc) is 2.33. The first kappa shape index (κ1) is 12.9. The summed E-state index contributed by atoms with van der Waals surface area (Å²) in [6.07, 6.45) is 0. The van der Waals surface area contributed by atoms with Gasteiger partial charge < -0.3 is 5.73 Å². The fourth-order valence-corrected chi connectivity index (χ4v) is 2.03. The second-order valence-electron chi connectivity index (χ2n) is 4.08. The zero-order valence-electron chi connectivity index (χ0n) is 10.2. The van der Waals surface area contributed by atoms with E-state index in [4.69, 9.17) is 17.3 Å². The molecule has 0 aliphatic heterocycles. The highest BCUT2D eigenvalue weighted by atomic mass is 35.5. The lowest BCUT2D eigenvalue weighted by molar-refractivity contribution is 0.619. The van der Waals surface area contributed by atoms with Gasteiger partial charge in [-0.3, -0.25) is 0 Å². The van der Waals surface area contributed by atoms with E-state index < -0.39 is 0 Å². The van der Waals surface area contributed by atoms with Crippen LogP contribution >= 0.6 is 11.6 Å². The zero-order valence-corrected chi connectivity index (χ0v) is 10.9. The first-order chi connectivity index (χ1) is 8.51. The van der Waals surface area contributed by atoms with Crippen molar-refractivity contribution in [3.63, 3.8) is 0 Å². The van der Waals surface area contributed by atoms with Gasteiger partial charge in [0, 0.05) is 12.1 Å². The van der Waals surface area contributed by atoms with E-state index in [0.717, 1.165) is 0 Å².